The molecule has 0 saturated carbocycles. The molecule has 7 rings (SSSR count). The van der Waals surface area contributed by atoms with E-state index in [1.807, 2.05) is 60.9 Å². The molecule has 0 fully saturated rings. The minimum absolute atomic E-state index is 0. The summed E-state index contributed by atoms with van der Waals surface area (Å²) in [5.74, 6) is 7.14. The van der Waals surface area contributed by atoms with Gasteiger partial charge >= 0.3 is 99.8 Å². The van der Waals surface area contributed by atoms with Gasteiger partial charge in [-0.2, -0.15) is 0 Å². The van der Waals surface area contributed by atoms with Crippen LogP contribution in [0.1, 0.15) is 25.0 Å². The molecule has 4 aromatic carbocycles. The number of aromatic nitrogens is 2. The molecule has 45 heavy (non-hydrogen) atoms. The molecule has 0 N–H and O–H groups in total. The van der Waals surface area contributed by atoms with Crippen molar-refractivity contribution in [1.82, 2.24) is 9.97 Å². The van der Waals surface area contributed by atoms with Crippen LogP contribution >= 0.6 is 0 Å². The molecule has 0 aliphatic rings. The van der Waals surface area contributed by atoms with E-state index in [4.69, 9.17) is 4.42 Å². The predicted molar refractivity (Wildman–Crippen MR) is 186 cm³/mol. The second kappa shape index (κ2) is 13.7. The van der Waals surface area contributed by atoms with Crippen LogP contribution in [0.15, 0.2) is 132 Å². The third-order valence-electron chi connectivity index (χ3n) is 8.19. The average molecular weight is 826 g/mol. The van der Waals surface area contributed by atoms with Crippen molar-refractivity contribution in [2.24, 2.45) is 0 Å². The largest absolute Gasteiger partial charge is 0 e. The summed E-state index contributed by atoms with van der Waals surface area (Å²) in [6, 6.07) is 45.8. The van der Waals surface area contributed by atoms with Crippen molar-refractivity contribution < 1.29 is 24.5 Å². The first-order chi connectivity index (χ1) is 21.2. The standard InChI is InChI=1S/C26H20NO.C14H16GeN.Ir/c1-26(2,18-9-4-3-5-10-18)19-15-16-27-23(17-19)22-13-8-12-21-20-11-6-7-14-24(20)28-25(21)22;1-15(2,3)13-9-10-14(16-11-13)12-7-5-4-6-8-12;/h3-12,14-17H,1-2H3;4-7,9-11H,1-3H3;/q2*-1;. The van der Waals surface area contributed by atoms with E-state index in [2.05, 4.69) is 120 Å². The van der Waals surface area contributed by atoms with Crippen LogP contribution in [0.25, 0.3) is 44.5 Å². The molecule has 0 aliphatic carbocycles. The first-order valence-corrected chi connectivity index (χ1v) is 22.3. The van der Waals surface area contributed by atoms with E-state index in [9.17, 15) is 0 Å². The van der Waals surface area contributed by atoms with Crippen LogP contribution in [-0.2, 0) is 25.5 Å². The maximum absolute atomic E-state index is 6.18. The third-order valence-corrected chi connectivity index (χ3v) is 12.4. The monoisotopic (exact) mass is 827 g/mol. The van der Waals surface area contributed by atoms with E-state index in [0.717, 1.165) is 44.5 Å². The Balaban J connectivity index is 0.000000202. The molecule has 7 aromatic rings. The van der Waals surface area contributed by atoms with Crippen molar-refractivity contribution in [2.45, 2.75) is 36.5 Å². The number of pyridine rings is 2. The van der Waals surface area contributed by atoms with Gasteiger partial charge in [-0.3, -0.25) is 0 Å². The van der Waals surface area contributed by atoms with Gasteiger partial charge in [-0.15, -0.1) is 18.2 Å². The predicted octanol–water partition coefficient (Wildman–Crippen LogP) is 9.87. The summed E-state index contributed by atoms with van der Waals surface area (Å²) >= 11 is -1.72. The van der Waals surface area contributed by atoms with Crippen molar-refractivity contribution >= 4 is 39.6 Å². The number of fused-ring (bicyclic) bond motifs is 3. The van der Waals surface area contributed by atoms with Gasteiger partial charge in [0.05, 0.1) is 5.58 Å². The van der Waals surface area contributed by atoms with Crippen LogP contribution in [0.3, 0.4) is 0 Å². The molecule has 0 spiro atoms. The molecule has 3 heterocycles. The van der Waals surface area contributed by atoms with E-state index in [0.29, 0.717) is 0 Å². The Bertz CT molecular complexity index is 2010. The van der Waals surface area contributed by atoms with Crippen molar-refractivity contribution in [2.75, 3.05) is 0 Å². The summed E-state index contributed by atoms with van der Waals surface area (Å²) in [6.07, 6.45) is 3.92. The molecule has 5 heteroatoms. The van der Waals surface area contributed by atoms with Gasteiger partial charge in [0.1, 0.15) is 5.58 Å². The van der Waals surface area contributed by atoms with Gasteiger partial charge in [0.2, 0.25) is 0 Å². The number of hydrogen-bond donors (Lipinski definition) is 0. The Kier molecular flexibility index (Phi) is 9.89. The molecule has 0 saturated heterocycles. The summed E-state index contributed by atoms with van der Waals surface area (Å²) in [4.78, 5) is 9.18. The summed E-state index contributed by atoms with van der Waals surface area (Å²) in [7, 11) is 0. The Labute approximate surface area is 282 Å². The molecule has 0 amide bonds. The van der Waals surface area contributed by atoms with Crippen LogP contribution in [0, 0.1) is 12.1 Å². The van der Waals surface area contributed by atoms with Gasteiger partial charge in [-0.25, -0.2) is 0 Å². The number of furan rings is 1. The van der Waals surface area contributed by atoms with Crippen LogP contribution in [0.4, 0.5) is 0 Å². The molecule has 0 atom stereocenters. The molecule has 1 radical (unpaired) electrons. The summed E-state index contributed by atoms with van der Waals surface area (Å²) in [5.41, 5.74) is 7.95. The van der Waals surface area contributed by atoms with Gasteiger partial charge in [0.15, 0.2) is 0 Å². The second-order valence-corrected chi connectivity index (χ2v) is 23.2. The summed E-state index contributed by atoms with van der Waals surface area (Å²) in [6.45, 7) is 4.49. The van der Waals surface area contributed by atoms with Gasteiger partial charge in [0, 0.05) is 37.1 Å². The topological polar surface area (TPSA) is 38.9 Å². The second-order valence-electron chi connectivity index (χ2n) is 12.6. The fourth-order valence-electron chi connectivity index (χ4n) is 5.41. The first-order valence-electron chi connectivity index (χ1n) is 15.0. The van der Waals surface area contributed by atoms with Crippen molar-refractivity contribution in [1.29, 1.82) is 0 Å². The molecular formula is C40H36GeIrN2O-2. The van der Waals surface area contributed by atoms with Crippen LogP contribution in [0.5, 0.6) is 0 Å². The van der Waals surface area contributed by atoms with Crippen LogP contribution in [0.2, 0.25) is 17.3 Å². The maximum Gasteiger partial charge on any atom is 0 e. The Hall–Kier alpha value is -3.83. The minimum Gasteiger partial charge on any atom is 0 e. The summed E-state index contributed by atoms with van der Waals surface area (Å²) < 4.78 is 7.62. The van der Waals surface area contributed by atoms with Crippen LogP contribution in [-0.4, -0.2) is 23.2 Å². The molecule has 227 valence electrons. The van der Waals surface area contributed by atoms with E-state index >= 15 is 0 Å². The van der Waals surface area contributed by atoms with E-state index in [-0.39, 0.29) is 25.5 Å². The van der Waals surface area contributed by atoms with Gasteiger partial charge < -0.3 is 9.40 Å². The maximum atomic E-state index is 6.18. The third kappa shape index (κ3) is 7.04. The smallest absolute Gasteiger partial charge is 0 e. The zero-order chi connectivity index (χ0) is 30.7. The molecule has 3 aromatic heterocycles. The quantitative estimate of drug-likeness (QED) is 0.128. The number of rotatable bonds is 5. The SMILES string of the molecule is CC(C)(c1ccccc1)c1ccnc(-c2[c-]ccc3c2oc2ccccc23)c1.[CH3][Ge]([CH3])([CH3])[c]1ccc(-c2[c-]cccc2)nc1.[Ir]. The van der Waals surface area contributed by atoms with Gasteiger partial charge in [-0.1, -0.05) is 79.4 Å². The normalized spacial score (nSPS) is 11.5. The average Bonchev–Trinajstić information content (AvgIpc) is 3.45. The van der Waals surface area contributed by atoms with Crippen molar-refractivity contribution in [3.63, 3.8) is 0 Å². The number of para-hydroxylation sites is 1. The molecule has 3 nitrogen and oxygen atoms in total. The van der Waals surface area contributed by atoms with E-state index in [1.54, 1.807) is 0 Å². The zero-order valence-electron chi connectivity index (χ0n) is 26.3. The van der Waals surface area contributed by atoms with Gasteiger partial charge in [0.25, 0.3) is 0 Å². The Morgan fingerprint density at radius 2 is 1.42 bits per heavy atom. The number of benzene rings is 4. The van der Waals surface area contributed by atoms with E-state index < -0.39 is 13.3 Å². The van der Waals surface area contributed by atoms with Gasteiger partial charge in [-0.05, 0) is 29.0 Å². The minimum atomic E-state index is -1.72. The van der Waals surface area contributed by atoms with Crippen molar-refractivity contribution in [3.8, 4) is 22.5 Å². The molecule has 0 bridgehead atoms. The van der Waals surface area contributed by atoms with Crippen LogP contribution < -0.4 is 4.40 Å². The number of hydrogen-bond acceptors (Lipinski definition) is 3. The molecule has 0 unspecified atom stereocenters. The fraction of sp³-hybridized carbons (Fsp3) is 0.150. The van der Waals surface area contributed by atoms with E-state index in [1.165, 1.54) is 15.5 Å². The first kappa shape index (κ1) is 32.6. The molecular weight excluding hydrogens is 789 g/mol. The zero-order valence-corrected chi connectivity index (χ0v) is 30.8. The molecule has 0 aliphatic heterocycles. The fourth-order valence-corrected chi connectivity index (χ4v) is 7.58. The summed E-state index contributed by atoms with van der Waals surface area (Å²) in [5, 5.41) is 2.22. The Morgan fingerprint density at radius 1 is 0.667 bits per heavy atom. The number of nitrogens with zero attached hydrogens (tertiary/aromatic N) is 2. The van der Waals surface area contributed by atoms with Crippen molar-refractivity contribution in [3.05, 3.63) is 151 Å². The Morgan fingerprint density at radius 3 is 2.13 bits per heavy atom.